The van der Waals surface area contributed by atoms with E-state index < -0.39 is 0 Å². The molecular formula is C16H28FIN4O. The largest absolute Gasteiger partial charge is 0.382 e. The molecule has 0 heterocycles. The molecule has 0 saturated carbocycles. The zero-order valence-corrected chi connectivity index (χ0v) is 16.5. The van der Waals surface area contributed by atoms with Crippen LogP contribution in [-0.4, -0.2) is 44.7 Å². The van der Waals surface area contributed by atoms with Crippen LogP contribution in [0.25, 0.3) is 0 Å². The van der Waals surface area contributed by atoms with E-state index in [0.717, 1.165) is 18.6 Å². The van der Waals surface area contributed by atoms with Crippen LogP contribution >= 0.6 is 24.0 Å². The van der Waals surface area contributed by atoms with Crippen molar-refractivity contribution in [2.45, 2.75) is 26.4 Å². The van der Waals surface area contributed by atoms with Crippen molar-refractivity contribution < 1.29 is 9.13 Å². The molecule has 0 spiro atoms. The Bertz CT molecular complexity index is 483. The molecule has 0 saturated heterocycles. The van der Waals surface area contributed by atoms with Crippen LogP contribution in [0.5, 0.6) is 0 Å². The van der Waals surface area contributed by atoms with Gasteiger partial charge in [0.2, 0.25) is 0 Å². The second kappa shape index (κ2) is 12.5. The SMILES string of the molecule is CCOCCCNC(N)=NCc1ccc(CN(C)C)c(F)c1.I. The van der Waals surface area contributed by atoms with Crippen molar-refractivity contribution in [2.24, 2.45) is 10.7 Å². The minimum atomic E-state index is -0.204. The van der Waals surface area contributed by atoms with E-state index in [2.05, 4.69) is 10.3 Å². The van der Waals surface area contributed by atoms with E-state index in [1.165, 1.54) is 6.07 Å². The molecule has 0 bridgehead atoms. The van der Waals surface area contributed by atoms with E-state index >= 15 is 0 Å². The van der Waals surface area contributed by atoms with Crippen LogP contribution in [0.2, 0.25) is 0 Å². The molecule has 0 atom stereocenters. The Morgan fingerprint density at radius 1 is 1.39 bits per heavy atom. The van der Waals surface area contributed by atoms with Gasteiger partial charge in [-0.15, -0.1) is 24.0 Å². The van der Waals surface area contributed by atoms with Crippen molar-refractivity contribution in [3.05, 3.63) is 35.1 Å². The summed E-state index contributed by atoms with van der Waals surface area (Å²) in [6.07, 6.45) is 0.873. The Labute approximate surface area is 155 Å². The highest BCUT2D eigenvalue weighted by molar-refractivity contribution is 14.0. The molecule has 0 aliphatic carbocycles. The van der Waals surface area contributed by atoms with Gasteiger partial charge in [0, 0.05) is 31.9 Å². The average molecular weight is 438 g/mol. The molecule has 1 aromatic rings. The number of nitrogens with zero attached hydrogens (tertiary/aromatic N) is 2. The van der Waals surface area contributed by atoms with Crippen LogP contribution in [0.1, 0.15) is 24.5 Å². The lowest BCUT2D eigenvalue weighted by Gasteiger charge is -2.11. The van der Waals surface area contributed by atoms with Crippen LogP contribution in [0.4, 0.5) is 4.39 Å². The molecule has 1 rings (SSSR count). The Hall–Kier alpha value is -0.930. The lowest BCUT2D eigenvalue weighted by Crippen LogP contribution is -2.32. The topological polar surface area (TPSA) is 62.9 Å². The number of hydrogen-bond donors (Lipinski definition) is 2. The highest BCUT2D eigenvalue weighted by Crippen LogP contribution is 2.12. The van der Waals surface area contributed by atoms with Gasteiger partial charge in [0.25, 0.3) is 0 Å². The summed E-state index contributed by atoms with van der Waals surface area (Å²) < 4.78 is 19.2. The van der Waals surface area contributed by atoms with Crippen LogP contribution in [0.3, 0.4) is 0 Å². The van der Waals surface area contributed by atoms with Crippen molar-refractivity contribution in [2.75, 3.05) is 33.9 Å². The van der Waals surface area contributed by atoms with Gasteiger partial charge in [0.15, 0.2) is 5.96 Å². The van der Waals surface area contributed by atoms with Gasteiger partial charge < -0.3 is 20.7 Å². The first kappa shape index (κ1) is 22.1. The molecule has 0 aromatic heterocycles. The predicted molar refractivity (Wildman–Crippen MR) is 104 cm³/mol. The molecule has 5 nitrogen and oxygen atoms in total. The summed E-state index contributed by atoms with van der Waals surface area (Å²) in [5, 5.41) is 3.01. The van der Waals surface area contributed by atoms with Gasteiger partial charge in [-0.25, -0.2) is 9.38 Å². The molecule has 0 fully saturated rings. The summed E-state index contributed by atoms with van der Waals surface area (Å²) in [6.45, 7) is 5.05. The number of rotatable bonds is 9. The van der Waals surface area contributed by atoms with Gasteiger partial charge in [0.1, 0.15) is 5.82 Å². The third kappa shape index (κ3) is 9.72. The minimum absolute atomic E-state index is 0. The van der Waals surface area contributed by atoms with E-state index in [1.807, 2.05) is 32.0 Å². The summed E-state index contributed by atoms with van der Waals surface area (Å²) in [5.41, 5.74) is 7.25. The fourth-order valence-electron chi connectivity index (χ4n) is 1.93. The van der Waals surface area contributed by atoms with E-state index in [9.17, 15) is 4.39 Å². The Morgan fingerprint density at radius 2 is 2.13 bits per heavy atom. The minimum Gasteiger partial charge on any atom is -0.382 e. The van der Waals surface area contributed by atoms with Crippen LogP contribution in [0.15, 0.2) is 23.2 Å². The molecule has 7 heteroatoms. The quantitative estimate of drug-likeness (QED) is 0.269. The molecule has 0 unspecified atom stereocenters. The summed E-state index contributed by atoms with van der Waals surface area (Å²) in [6, 6.07) is 5.20. The van der Waals surface area contributed by atoms with Crippen LogP contribution in [0, 0.1) is 5.82 Å². The first-order valence-corrected chi connectivity index (χ1v) is 7.56. The number of nitrogens with one attached hydrogen (secondary N) is 1. The summed E-state index contributed by atoms with van der Waals surface area (Å²) >= 11 is 0. The second-order valence-corrected chi connectivity index (χ2v) is 5.34. The Balaban J connectivity index is 0.00000484. The number of hydrogen-bond acceptors (Lipinski definition) is 3. The number of halogens is 2. The summed E-state index contributed by atoms with van der Waals surface area (Å²) in [5.74, 6) is 0.166. The zero-order valence-electron chi connectivity index (χ0n) is 14.1. The van der Waals surface area contributed by atoms with Crippen LogP contribution in [-0.2, 0) is 17.8 Å². The number of ether oxygens (including phenoxy) is 1. The van der Waals surface area contributed by atoms with Gasteiger partial charge in [0.05, 0.1) is 6.54 Å². The average Bonchev–Trinajstić information content (AvgIpc) is 2.47. The highest BCUT2D eigenvalue weighted by Gasteiger charge is 2.04. The molecule has 3 N–H and O–H groups in total. The van der Waals surface area contributed by atoms with E-state index in [1.54, 1.807) is 6.07 Å². The van der Waals surface area contributed by atoms with Crippen LogP contribution < -0.4 is 11.1 Å². The van der Waals surface area contributed by atoms with Gasteiger partial charge in [-0.3, -0.25) is 0 Å². The molecule has 0 radical (unpaired) electrons. The molecule has 1 aromatic carbocycles. The first-order chi connectivity index (χ1) is 10.5. The van der Waals surface area contributed by atoms with Crippen molar-refractivity contribution in [1.82, 2.24) is 10.2 Å². The normalized spacial score (nSPS) is 11.4. The first-order valence-electron chi connectivity index (χ1n) is 7.56. The van der Waals surface area contributed by atoms with Crippen molar-refractivity contribution >= 4 is 29.9 Å². The molecule has 132 valence electrons. The fraction of sp³-hybridized carbons (Fsp3) is 0.562. The van der Waals surface area contributed by atoms with Crippen molar-refractivity contribution in [3.63, 3.8) is 0 Å². The van der Waals surface area contributed by atoms with E-state index in [-0.39, 0.29) is 29.8 Å². The van der Waals surface area contributed by atoms with Gasteiger partial charge in [-0.1, -0.05) is 12.1 Å². The molecule has 0 amide bonds. The maximum absolute atomic E-state index is 13.9. The molecular weight excluding hydrogens is 410 g/mol. The van der Waals surface area contributed by atoms with Gasteiger partial charge in [-0.05, 0) is 39.1 Å². The third-order valence-corrected chi connectivity index (χ3v) is 3.01. The highest BCUT2D eigenvalue weighted by atomic mass is 127. The van der Waals surface area contributed by atoms with E-state index in [4.69, 9.17) is 10.5 Å². The fourth-order valence-corrected chi connectivity index (χ4v) is 1.93. The number of nitrogens with two attached hydrogens (primary N) is 1. The second-order valence-electron chi connectivity index (χ2n) is 5.34. The standard InChI is InChI=1S/C16H27FN4O.HI/c1-4-22-9-5-8-19-16(18)20-11-13-6-7-14(12-21(2)3)15(17)10-13;/h6-7,10H,4-5,8-9,11-12H2,1-3H3,(H3,18,19,20);1H. The number of guanidine groups is 1. The number of benzene rings is 1. The molecule has 0 aliphatic heterocycles. The van der Waals surface area contributed by atoms with Crippen molar-refractivity contribution in [1.29, 1.82) is 0 Å². The summed E-state index contributed by atoms with van der Waals surface area (Å²) in [7, 11) is 3.82. The third-order valence-electron chi connectivity index (χ3n) is 3.01. The summed E-state index contributed by atoms with van der Waals surface area (Å²) in [4.78, 5) is 6.14. The monoisotopic (exact) mass is 438 g/mol. The molecule has 0 aliphatic rings. The Kier molecular flexibility index (Phi) is 12.0. The van der Waals surface area contributed by atoms with Gasteiger partial charge >= 0.3 is 0 Å². The van der Waals surface area contributed by atoms with Crippen molar-refractivity contribution in [3.8, 4) is 0 Å². The zero-order chi connectivity index (χ0) is 16.4. The number of aliphatic imine (C=N–C) groups is 1. The van der Waals surface area contributed by atoms with Gasteiger partial charge in [-0.2, -0.15) is 0 Å². The smallest absolute Gasteiger partial charge is 0.188 e. The Morgan fingerprint density at radius 3 is 2.74 bits per heavy atom. The maximum atomic E-state index is 13.9. The lowest BCUT2D eigenvalue weighted by atomic mass is 10.1. The van der Waals surface area contributed by atoms with E-state index in [0.29, 0.717) is 37.8 Å². The molecule has 23 heavy (non-hydrogen) atoms. The predicted octanol–water partition coefficient (Wildman–Crippen LogP) is 2.34. The lowest BCUT2D eigenvalue weighted by molar-refractivity contribution is 0.145. The maximum Gasteiger partial charge on any atom is 0.188 e.